The molecule has 2 nitrogen and oxygen atoms in total. The summed E-state index contributed by atoms with van der Waals surface area (Å²) >= 11 is 0. The van der Waals surface area contributed by atoms with E-state index in [4.69, 9.17) is 4.74 Å². The molecule has 1 saturated carbocycles. The van der Waals surface area contributed by atoms with E-state index < -0.39 is 0 Å². The van der Waals surface area contributed by atoms with Crippen LogP contribution >= 0.6 is 0 Å². The monoisotopic (exact) mass is 313 g/mol. The summed E-state index contributed by atoms with van der Waals surface area (Å²) in [5, 5.41) is 3.40. The number of nitrogens with one attached hydrogen (secondary N) is 1. The third-order valence-corrected chi connectivity index (χ3v) is 4.41. The van der Waals surface area contributed by atoms with E-state index in [1.54, 1.807) is 6.07 Å². The van der Waals surface area contributed by atoms with E-state index in [-0.39, 0.29) is 5.82 Å². The first-order valence-electron chi connectivity index (χ1n) is 8.51. The Bertz CT molecular complexity index is 623. The van der Waals surface area contributed by atoms with Crippen molar-refractivity contribution < 1.29 is 9.13 Å². The molecule has 3 heteroatoms. The van der Waals surface area contributed by atoms with Crippen molar-refractivity contribution >= 4 is 0 Å². The fourth-order valence-corrected chi connectivity index (χ4v) is 3.10. The molecular formula is C20H24FNO. The lowest BCUT2D eigenvalue weighted by Gasteiger charge is -2.16. The maximum Gasteiger partial charge on any atom is 0.126 e. The highest BCUT2D eigenvalue weighted by molar-refractivity contribution is 5.33. The zero-order chi connectivity index (χ0) is 15.9. The maximum atomic E-state index is 13.6. The van der Waals surface area contributed by atoms with Crippen LogP contribution in [-0.2, 0) is 13.0 Å². The molecule has 1 aliphatic carbocycles. The molecule has 1 N–H and O–H groups in total. The molecule has 1 fully saturated rings. The van der Waals surface area contributed by atoms with Crippen molar-refractivity contribution in [2.24, 2.45) is 0 Å². The number of rotatable bonds is 7. The minimum absolute atomic E-state index is 0.126. The van der Waals surface area contributed by atoms with Gasteiger partial charge in [-0.1, -0.05) is 36.4 Å². The van der Waals surface area contributed by atoms with Crippen molar-refractivity contribution in [1.82, 2.24) is 5.32 Å². The van der Waals surface area contributed by atoms with Gasteiger partial charge in [0.1, 0.15) is 11.6 Å². The largest absolute Gasteiger partial charge is 0.490 e. The normalized spacial score (nSPS) is 15.0. The molecule has 122 valence electrons. The molecule has 0 radical (unpaired) electrons. The topological polar surface area (TPSA) is 21.3 Å². The van der Waals surface area contributed by atoms with Crippen molar-refractivity contribution in [3.8, 4) is 5.75 Å². The SMILES string of the molecule is Fc1ccccc1CCNCc1ccccc1OC1CCCC1. The van der Waals surface area contributed by atoms with E-state index in [2.05, 4.69) is 11.4 Å². The van der Waals surface area contributed by atoms with Crippen molar-refractivity contribution in [2.45, 2.75) is 44.8 Å². The lowest BCUT2D eigenvalue weighted by atomic mass is 10.1. The van der Waals surface area contributed by atoms with Crippen LogP contribution in [0.3, 0.4) is 0 Å². The highest BCUT2D eigenvalue weighted by Crippen LogP contribution is 2.26. The zero-order valence-electron chi connectivity index (χ0n) is 13.4. The van der Waals surface area contributed by atoms with Crippen molar-refractivity contribution in [3.63, 3.8) is 0 Å². The predicted molar refractivity (Wildman–Crippen MR) is 91.1 cm³/mol. The smallest absolute Gasteiger partial charge is 0.126 e. The summed E-state index contributed by atoms with van der Waals surface area (Å²) < 4.78 is 19.7. The highest BCUT2D eigenvalue weighted by atomic mass is 19.1. The summed E-state index contributed by atoms with van der Waals surface area (Å²) in [7, 11) is 0. The standard InChI is InChI=1S/C20H24FNO/c21-19-11-5-1-7-16(19)13-14-22-15-17-8-2-6-12-20(17)23-18-9-3-4-10-18/h1-2,5-8,11-12,18,22H,3-4,9-10,13-15H2. The molecule has 0 bridgehead atoms. The van der Waals surface area contributed by atoms with Crippen LogP contribution in [0.5, 0.6) is 5.75 Å². The van der Waals surface area contributed by atoms with Gasteiger partial charge in [0.05, 0.1) is 6.10 Å². The molecule has 0 aromatic heterocycles. The first-order chi connectivity index (χ1) is 11.3. The third-order valence-electron chi connectivity index (χ3n) is 4.41. The Labute approximate surface area is 137 Å². The van der Waals surface area contributed by atoms with Crippen LogP contribution in [0.1, 0.15) is 36.8 Å². The average molecular weight is 313 g/mol. The van der Waals surface area contributed by atoms with Gasteiger partial charge in [-0.3, -0.25) is 0 Å². The molecule has 0 heterocycles. The van der Waals surface area contributed by atoms with Gasteiger partial charge < -0.3 is 10.1 Å². The fourth-order valence-electron chi connectivity index (χ4n) is 3.10. The van der Waals surface area contributed by atoms with Gasteiger partial charge in [-0.05, 0) is 56.3 Å². The Morgan fingerprint density at radius 1 is 0.957 bits per heavy atom. The molecular weight excluding hydrogens is 289 g/mol. The Balaban J connectivity index is 1.51. The second-order valence-electron chi connectivity index (χ2n) is 6.15. The number of halogens is 1. The Morgan fingerprint density at radius 3 is 2.43 bits per heavy atom. The van der Waals surface area contributed by atoms with Gasteiger partial charge in [0.15, 0.2) is 0 Å². The maximum absolute atomic E-state index is 13.6. The molecule has 0 unspecified atom stereocenters. The van der Waals surface area contributed by atoms with E-state index in [1.165, 1.54) is 24.5 Å². The minimum Gasteiger partial charge on any atom is -0.490 e. The number of hydrogen-bond acceptors (Lipinski definition) is 2. The summed E-state index contributed by atoms with van der Waals surface area (Å²) in [6.45, 7) is 1.50. The molecule has 2 aromatic rings. The summed E-state index contributed by atoms with van der Waals surface area (Å²) in [5.74, 6) is 0.858. The van der Waals surface area contributed by atoms with E-state index in [9.17, 15) is 4.39 Å². The van der Waals surface area contributed by atoms with Crippen molar-refractivity contribution in [3.05, 3.63) is 65.5 Å². The van der Waals surface area contributed by atoms with Crippen LogP contribution < -0.4 is 10.1 Å². The second-order valence-corrected chi connectivity index (χ2v) is 6.15. The van der Waals surface area contributed by atoms with Gasteiger partial charge in [-0.15, -0.1) is 0 Å². The van der Waals surface area contributed by atoms with Crippen molar-refractivity contribution in [2.75, 3.05) is 6.54 Å². The lowest BCUT2D eigenvalue weighted by Crippen LogP contribution is -2.19. The van der Waals surface area contributed by atoms with Crippen LogP contribution in [0.25, 0.3) is 0 Å². The quantitative estimate of drug-likeness (QED) is 0.761. The van der Waals surface area contributed by atoms with Gasteiger partial charge in [-0.25, -0.2) is 4.39 Å². The van der Waals surface area contributed by atoms with Crippen LogP contribution in [0.2, 0.25) is 0 Å². The summed E-state index contributed by atoms with van der Waals surface area (Å²) in [6, 6.07) is 15.2. The minimum atomic E-state index is -0.126. The Kier molecular flexibility index (Phi) is 5.65. The molecule has 0 saturated heterocycles. The van der Waals surface area contributed by atoms with Crippen molar-refractivity contribution in [1.29, 1.82) is 0 Å². The fraction of sp³-hybridized carbons (Fsp3) is 0.400. The molecule has 23 heavy (non-hydrogen) atoms. The van der Waals surface area contributed by atoms with Crippen LogP contribution in [-0.4, -0.2) is 12.6 Å². The molecule has 0 atom stereocenters. The van der Waals surface area contributed by atoms with Gasteiger partial charge in [0.2, 0.25) is 0 Å². The molecule has 0 aliphatic heterocycles. The summed E-state index contributed by atoms with van der Waals surface area (Å²) in [4.78, 5) is 0. The van der Waals surface area contributed by atoms with E-state index in [1.807, 2.05) is 30.3 Å². The molecule has 0 spiro atoms. The van der Waals surface area contributed by atoms with Crippen LogP contribution in [0.4, 0.5) is 4.39 Å². The zero-order valence-corrected chi connectivity index (χ0v) is 13.4. The first-order valence-corrected chi connectivity index (χ1v) is 8.51. The lowest BCUT2D eigenvalue weighted by molar-refractivity contribution is 0.207. The number of para-hydroxylation sites is 1. The van der Waals surface area contributed by atoms with Gasteiger partial charge in [0.25, 0.3) is 0 Å². The molecule has 1 aliphatic rings. The Morgan fingerprint density at radius 2 is 1.65 bits per heavy atom. The first kappa shape index (κ1) is 16.0. The molecule has 2 aromatic carbocycles. The third kappa shape index (κ3) is 4.55. The Hall–Kier alpha value is -1.87. The second kappa shape index (κ2) is 8.11. The van der Waals surface area contributed by atoms with Crippen LogP contribution in [0, 0.1) is 5.82 Å². The highest BCUT2D eigenvalue weighted by Gasteiger charge is 2.17. The predicted octanol–water partition coefficient (Wildman–Crippen LogP) is 4.48. The molecule has 0 amide bonds. The van der Waals surface area contributed by atoms with E-state index in [0.29, 0.717) is 12.5 Å². The number of ether oxygens (including phenoxy) is 1. The number of benzene rings is 2. The van der Waals surface area contributed by atoms with Gasteiger partial charge >= 0.3 is 0 Å². The summed E-state index contributed by atoms with van der Waals surface area (Å²) in [5.41, 5.74) is 1.93. The van der Waals surface area contributed by atoms with Gasteiger partial charge in [0, 0.05) is 12.1 Å². The number of hydrogen-bond donors (Lipinski definition) is 1. The average Bonchev–Trinajstić information content (AvgIpc) is 3.07. The van der Waals surface area contributed by atoms with Crippen LogP contribution in [0.15, 0.2) is 48.5 Å². The van der Waals surface area contributed by atoms with E-state index in [0.717, 1.165) is 37.2 Å². The van der Waals surface area contributed by atoms with Gasteiger partial charge in [-0.2, -0.15) is 0 Å². The molecule has 3 rings (SSSR count). The van der Waals surface area contributed by atoms with E-state index >= 15 is 0 Å². The summed E-state index contributed by atoms with van der Waals surface area (Å²) in [6.07, 6.45) is 5.93.